The van der Waals surface area contributed by atoms with Crippen LogP contribution < -0.4 is 9.47 Å². The van der Waals surface area contributed by atoms with Gasteiger partial charge in [0.1, 0.15) is 23.1 Å². The molecular weight excluding hydrogens is 246 g/mol. The van der Waals surface area contributed by atoms with E-state index in [2.05, 4.69) is 20.6 Å². The van der Waals surface area contributed by atoms with E-state index in [0.717, 1.165) is 0 Å². The first-order valence-corrected chi connectivity index (χ1v) is 5.36. The molecule has 0 amide bonds. The van der Waals surface area contributed by atoms with Gasteiger partial charge in [-0.2, -0.15) is 10.5 Å². The van der Waals surface area contributed by atoms with Gasteiger partial charge in [-0.3, -0.25) is 0 Å². The number of hydrogen-bond donors (Lipinski definition) is 1. The van der Waals surface area contributed by atoms with Crippen molar-refractivity contribution < 1.29 is 9.47 Å². The van der Waals surface area contributed by atoms with E-state index in [0.29, 0.717) is 17.1 Å². The summed E-state index contributed by atoms with van der Waals surface area (Å²) in [5.41, 5.74) is 0.975. The average molecular weight is 257 g/mol. The molecule has 1 aromatic carbocycles. The van der Waals surface area contributed by atoms with Crippen molar-refractivity contribution in [3.8, 4) is 17.6 Å². The van der Waals surface area contributed by atoms with E-state index in [-0.39, 0.29) is 11.4 Å². The van der Waals surface area contributed by atoms with Crippen molar-refractivity contribution >= 4 is 11.6 Å². The first-order chi connectivity index (χ1) is 9.28. The monoisotopic (exact) mass is 257 g/mol. The summed E-state index contributed by atoms with van der Waals surface area (Å²) in [4.78, 5) is 0. The molecule has 0 aliphatic rings. The number of allylic oxidation sites excluding steroid dienone is 1. The van der Waals surface area contributed by atoms with E-state index in [1.807, 2.05) is 6.07 Å². The summed E-state index contributed by atoms with van der Waals surface area (Å²) >= 11 is 0. The molecule has 7 nitrogen and oxygen atoms in total. The fourth-order valence-corrected chi connectivity index (χ4v) is 1.53. The van der Waals surface area contributed by atoms with Crippen LogP contribution in [0.2, 0.25) is 0 Å². The lowest BCUT2D eigenvalue weighted by atomic mass is 10.1. The maximum atomic E-state index is 9.14. The van der Waals surface area contributed by atoms with Gasteiger partial charge >= 0.3 is 0 Å². The molecule has 0 aliphatic heterocycles. The van der Waals surface area contributed by atoms with Gasteiger partial charge in [0, 0.05) is 5.56 Å². The Hall–Kier alpha value is -2.88. The molecule has 0 atom stereocenters. The van der Waals surface area contributed by atoms with E-state index in [1.54, 1.807) is 38.5 Å². The number of H-pyrrole nitrogens is 1. The summed E-state index contributed by atoms with van der Waals surface area (Å²) in [6.07, 6.45) is 1.62. The van der Waals surface area contributed by atoms with Crippen molar-refractivity contribution in [3.63, 3.8) is 0 Å². The van der Waals surface area contributed by atoms with Gasteiger partial charge in [0.05, 0.1) is 14.2 Å². The minimum atomic E-state index is 0.229. The van der Waals surface area contributed by atoms with Gasteiger partial charge in [0.2, 0.25) is 5.82 Å². The number of aromatic amines is 1. The molecule has 0 bridgehead atoms. The van der Waals surface area contributed by atoms with Crippen molar-refractivity contribution in [2.45, 2.75) is 0 Å². The van der Waals surface area contributed by atoms with Gasteiger partial charge in [0.25, 0.3) is 0 Å². The standard InChI is InChI=1S/C12H11N5O2/c1-18-10-3-4-11(19-2)8(6-10)5-9(7-13)12-14-16-17-15-12/h3-6H,1-2H3,(H,14,15,16,17). The highest BCUT2D eigenvalue weighted by atomic mass is 16.5. The molecule has 0 saturated carbocycles. The van der Waals surface area contributed by atoms with Crippen LogP contribution >= 0.6 is 0 Å². The molecule has 0 spiro atoms. The number of nitrogens with zero attached hydrogens (tertiary/aromatic N) is 4. The molecular formula is C12H11N5O2. The summed E-state index contributed by atoms with van der Waals surface area (Å²) < 4.78 is 10.4. The highest BCUT2D eigenvalue weighted by Gasteiger charge is 2.09. The molecule has 0 unspecified atom stereocenters. The number of rotatable bonds is 4. The van der Waals surface area contributed by atoms with E-state index >= 15 is 0 Å². The fourth-order valence-electron chi connectivity index (χ4n) is 1.53. The molecule has 1 N–H and O–H groups in total. The van der Waals surface area contributed by atoms with Crippen molar-refractivity contribution in [3.05, 3.63) is 29.6 Å². The van der Waals surface area contributed by atoms with E-state index in [1.165, 1.54) is 0 Å². The van der Waals surface area contributed by atoms with Gasteiger partial charge in [-0.05, 0) is 29.5 Å². The van der Waals surface area contributed by atoms with Crippen molar-refractivity contribution in [2.75, 3.05) is 14.2 Å². The Morgan fingerprint density at radius 2 is 2.21 bits per heavy atom. The lowest BCUT2D eigenvalue weighted by molar-refractivity contribution is 0.402. The van der Waals surface area contributed by atoms with Crippen LogP contribution in [0.4, 0.5) is 0 Å². The number of tetrazole rings is 1. The highest BCUT2D eigenvalue weighted by molar-refractivity contribution is 5.88. The normalized spacial score (nSPS) is 10.9. The third-order valence-corrected chi connectivity index (χ3v) is 2.44. The third-order valence-electron chi connectivity index (χ3n) is 2.44. The second kappa shape index (κ2) is 5.64. The summed E-state index contributed by atoms with van der Waals surface area (Å²) in [7, 11) is 3.12. The van der Waals surface area contributed by atoms with Crippen LogP contribution in [0, 0.1) is 11.3 Å². The first-order valence-electron chi connectivity index (χ1n) is 5.36. The van der Waals surface area contributed by atoms with Gasteiger partial charge < -0.3 is 9.47 Å². The van der Waals surface area contributed by atoms with E-state index in [9.17, 15) is 0 Å². The predicted octanol–water partition coefficient (Wildman–Crippen LogP) is 1.28. The number of nitriles is 1. The molecule has 19 heavy (non-hydrogen) atoms. The van der Waals surface area contributed by atoms with Crippen molar-refractivity contribution in [1.29, 1.82) is 5.26 Å². The lowest BCUT2D eigenvalue weighted by Crippen LogP contribution is -1.91. The topological polar surface area (TPSA) is 96.7 Å². The number of ether oxygens (including phenoxy) is 2. The van der Waals surface area contributed by atoms with Gasteiger partial charge in [-0.25, -0.2) is 0 Å². The number of hydrogen-bond acceptors (Lipinski definition) is 6. The first kappa shape index (κ1) is 12.6. The smallest absolute Gasteiger partial charge is 0.215 e. The van der Waals surface area contributed by atoms with Crippen molar-refractivity contribution in [1.82, 2.24) is 20.6 Å². The molecule has 1 heterocycles. The second-order valence-corrected chi connectivity index (χ2v) is 3.51. The Balaban J connectivity index is 2.48. The molecule has 96 valence electrons. The average Bonchev–Trinajstić information content (AvgIpc) is 2.98. The van der Waals surface area contributed by atoms with Crippen LogP contribution in [-0.4, -0.2) is 34.8 Å². The Kier molecular flexibility index (Phi) is 3.73. The van der Waals surface area contributed by atoms with Crippen LogP contribution in [-0.2, 0) is 0 Å². The SMILES string of the molecule is COc1ccc(OC)c(C=C(C#N)c2nn[nH]n2)c1. The van der Waals surface area contributed by atoms with Crippen molar-refractivity contribution in [2.24, 2.45) is 0 Å². The second-order valence-electron chi connectivity index (χ2n) is 3.51. The molecule has 0 aliphatic carbocycles. The minimum Gasteiger partial charge on any atom is -0.497 e. The Labute approximate surface area is 109 Å². The van der Waals surface area contributed by atoms with E-state index < -0.39 is 0 Å². The lowest BCUT2D eigenvalue weighted by Gasteiger charge is -2.07. The van der Waals surface area contributed by atoms with Gasteiger partial charge in [-0.1, -0.05) is 0 Å². The quantitative estimate of drug-likeness (QED) is 0.829. The summed E-state index contributed by atoms with van der Waals surface area (Å²) in [6.45, 7) is 0. The van der Waals surface area contributed by atoms with E-state index in [4.69, 9.17) is 14.7 Å². The molecule has 1 aromatic heterocycles. The summed E-state index contributed by atoms with van der Waals surface area (Å²) in [5.74, 6) is 1.52. The predicted molar refractivity (Wildman–Crippen MR) is 67.2 cm³/mol. The molecule has 0 radical (unpaired) electrons. The van der Waals surface area contributed by atoms with Crippen LogP contribution in [0.5, 0.6) is 11.5 Å². The van der Waals surface area contributed by atoms with Gasteiger partial charge in [-0.15, -0.1) is 10.2 Å². The third kappa shape index (κ3) is 2.69. The minimum absolute atomic E-state index is 0.229. The summed E-state index contributed by atoms with van der Waals surface area (Å²) in [6, 6.07) is 7.32. The Morgan fingerprint density at radius 3 is 2.79 bits per heavy atom. The molecule has 0 saturated heterocycles. The molecule has 2 aromatic rings. The van der Waals surface area contributed by atoms with Crippen LogP contribution in [0.25, 0.3) is 11.6 Å². The van der Waals surface area contributed by atoms with Gasteiger partial charge in [0.15, 0.2) is 0 Å². The zero-order valence-electron chi connectivity index (χ0n) is 10.4. The highest BCUT2D eigenvalue weighted by Crippen LogP contribution is 2.27. The zero-order chi connectivity index (χ0) is 13.7. The van der Waals surface area contributed by atoms with Crippen LogP contribution in [0.15, 0.2) is 18.2 Å². The fraction of sp³-hybridized carbons (Fsp3) is 0.167. The molecule has 0 fully saturated rings. The molecule has 7 heteroatoms. The summed E-state index contributed by atoms with van der Waals surface area (Å²) in [5, 5.41) is 22.4. The number of benzene rings is 1. The Bertz CT molecular complexity index is 628. The zero-order valence-corrected chi connectivity index (χ0v) is 10.4. The number of methoxy groups -OCH3 is 2. The molecule has 2 rings (SSSR count). The number of nitrogens with one attached hydrogen (secondary N) is 1. The van der Waals surface area contributed by atoms with Crippen LogP contribution in [0.1, 0.15) is 11.4 Å². The largest absolute Gasteiger partial charge is 0.497 e. The maximum Gasteiger partial charge on any atom is 0.215 e. The number of aromatic nitrogens is 4. The maximum absolute atomic E-state index is 9.14. The Morgan fingerprint density at radius 1 is 1.37 bits per heavy atom. The van der Waals surface area contributed by atoms with Crippen LogP contribution in [0.3, 0.4) is 0 Å².